The fourth-order valence-corrected chi connectivity index (χ4v) is 7.16. The lowest BCUT2D eigenvalue weighted by atomic mass is 9.50. The first-order valence-electron chi connectivity index (χ1n) is 11.3. The van der Waals surface area contributed by atoms with Gasteiger partial charge in [-0.25, -0.2) is 18.4 Å². The van der Waals surface area contributed by atoms with Crippen LogP contribution in [0.25, 0.3) is 11.1 Å². The van der Waals surface area contributed by atoms with E-state index in [1.807, 2.05) is 12.1 Å². The molecule has 1 N–H and O–H groups in total. The molecule has 3 aliphatic rings. The van der Waals surface area contributed by atoms with Gasteiger partial charge in [0.2, 0.25) is 0 Å². The molecule has 172 valence electrons. The van der Waals surface area contributed by atoms with Crippen molar-refractivity contribution in [2.24, 2.45) is 11.3 Å². The third-order valence-electron chi connectivity index (χ3n) is 7.24. The van der Waals surface area contributed by atoms with Gasteiger partial charge in [0.05, 0.1) is 5.75 Å². The Labute approximate surface area is 196 Å². The lowest BCUT2D eigenvalue weighted by Gasteiger charge is -2.57. The second-order valence-electron chi connectivity index (χ2n) is 9.96. The van der Waals surface area contributed by atoms with Gasteiger partial charge in [-0.2, -0.15) is 0 Å². The van der Waals surface area contributed by atoms with E-state index in [1.165, 1.54) is 12.3 Å². The van der Waals surface area contributed by atoms with Crippen LogP contribution in [0.1, 0.15) is 60.7 Å². The topological polar surface area (TPSA) is 102 Å². The molecule has 7 nitrogen and oxygen atoms in total. The van der Waals surface area contributed by atoms with Crippen LogP contribution < -0.4 is 5.32 Å². The first-order valence-corrected chi connectivity index (χ1v) is 13.4. The van der Waals surface area contributed by atoms with Crippen LogP contribution in [0.2, 0.25) is 5.02 Å². The van der Waals surface area contributed by atoms with Gasteiger partial charge in [0, 0.05) is 28.7 Å². The summed E-state index contributed by atoms with van der Waals surface area (Å²) in [7, 11) is -3.44. The molecule has 9 heteroatoms. The Kier molecular flexibility index (Phi) is 4.82. The van der Waals surface area contributed by atoms with Crippen LogP contribution >= 0.6 is 11.6 Å². The number of carbonyl (C=O) groups is 1. The van der Waals surface area contributed by atoms with Crippen LogP contribution in [0, 0.1) is 11.3 Å². The van der Waals surface area contributed by atoms with Gasteiger partial charge in [-0.15, -0.1) is 0 Å². The zero-order valence-corrected chi connectivity index (χ0v) is 19.5. The lowest BCUT2D eigenvalue weighted by Crippen LogP contribution is -2.55. The van der Waals surface area contributed by atoms with E-state index in [4.69, 9.17) is 16.0 Å². The molecule has 1 spiro atoms. The molecule has 6 rings (SSSR count). The minimum absolute atomic E-state index is 0.00594. The second-order valence-corrected chi connectivity index (χ2v) is 12.4. The maximum atomic E-state index is 12.7. The van der Waals surface area contributed by atoms with Crippen molar-refractivity contribution in [3.63, 3.8) is 0 Å². The zero-order valence-electron chi connectivity index (χ0n) is 18.0. The Hall–Kier alpha value is -2.45. The van der Waals surface area contributed by atoms with E-state index < -0.39 is 9.84 Å². The van der Waals surface area contributed by atoms with Crippen molar-refractivity contribution in [3.8, 4) is 0 Å². The quantitative estimate of drug-likeness (QED) is 0.550. The first-order chi connectivity index (χ1) is 15.8. The van der Waals surface area contributed by atoms with Gasteiger partial charge in [0.25, 0.3) is 5.91 Å². The zero-order chi connectivity index (χ0) is 22.8. The van der Waals surface area contributed by atoms with Gasteiger partial charge in [0.1, 0.15) is 5.52 Å². The minimum Gasteiger partial charge on any atom is -0.440 e. The van der Waals surface area contributed by atoms with Crippen LogP contribution in [0.15, 0.2) is 46.0 Å². The number of oxazole rings is 1. The fourth-order valence-electron chi connectivity index (χ4n) is 5.34. The molecule has 3 fully saturated rings. The van der Waals surface area contributed by atoms with E-state index in [9.17, 15) is 13.2 Å². The molecule has 0 bridgehead atoms. The molecular weight excluding hydrogens is 462 g/mol. The van der Waals surface area contributed by atoms with Gasteiger partial charge in [-0.05, 0) is 80.2 Å². The molecule has 0 radical (unpaired) electrons. The van der Waals surface area contributed by atoms with Gasteiger partial charge in [-0.3, -0.25) is 4.79 Å². The summed E-state index contributed by atoms with van der Waals surface area (Å²) in [5.41, 5.74) is 2.12. The molecule has 2 heterocycles. The number of pyridine rings is 1. The van der Waals surface area contributed by atoms with Crippen molar-refractivity contribution in [3.05, 3.63) is 53.0 Å². The Morgan fingerprint density at radius 2 is 1.94 bits per heavy atom. The number of aromatic nitrogens is 2. The van der Waals surface area contributed by atoms with E-state index >= 15 is 0 Å². The summed E-state index contributed by atoms with van der Waals surface area (Å²) in [6.07, 6.45) is 7.13. The van der Waals surface area contributed by atoms with Crippen molar-refractivity contribution in [2.75, 3.05) is 5.75 Å². The number of benzene rings is 1. The highest BCUT2D eigenvalue weighted by Crippen LogP contribution is 2.61. The first kappa shape index (κ1) is 21.1. The Balaban J connectivity index is 1.05. The maximum Gasteiger partial charge on any atom is 0.251 e. The normalized spacial score (nSPS) is 26.7. The number of carbonyl (C=O) groups excluding carboxylic acids is 1. The Bertz CT molecular complexity index is 1350. The molecule has 0 atom stereocenters. The highest BCUT2D eigenvalue weighted by Gasteiger charge is 2.54. The summed E-state index contributed by atoms with van der Waals surface area (Å²) in [6, 6.07) is 8.53. The number of halogens is 1. The van der Waals surface area contributed by atoms with Crippen molar-refractivity contribution >= 4 is 38.4 Å². The molecule has 2 aromatic heterocycles. The monoisotopic (exact) mass is 485 g/mol. The van der Waals surface area contributed by atoms with Gasteiger partial charge < -0.3 is 9.73 Å². The summed E-state index contributed by atoms with van der Waals surface area (Å²) in [4.78, 5) is 21.3. The maximum absolute atomic E-state index is 12.7. The van der Waals surface area contributed by atoms with Gasteiger partial charge >= 0.3 is 0 Å². The molecule has 3 saturated carbocycles. The molecule has 33 heavy (non-hydrogen) atoms. The number of fused-ring (bicyclic) bond motifs is 1. The van der Waals surface area contributed by atoms with Crippen LogP contribution in [-0.4, -0.2) is 36.1 Å². The largest absolute Gasteiger partial charge is 0.440 e. The molecule has 0 aliphatic heterocycles. The van der Waals surface area contributed by atoms with Crippen LogP contribution in [0.5, 0.6) is 0 Å². The lowest BCUT2D eigenvalue weighted by molar-refractivity contribution is -0.0253. The second kappa shape index (κ2) is 7.53. The van der Waals surface area contributed by atoms with Gasteiger partial charge in [0.15, 0.2) is 26.3 Å². The van der Waals surface area contributed by atoms with Crippen molar-refractivity contribution in [1.29, 1.82) is 0 Å². The predicted octanol–water partition coefficient (Wildman–Crippen LogP) is 4.52. The average Bonchev–Trinajstić information content (AvgIpc) is 3.43. The van der Waals surface area contributed by atoms with Gasteiger partial charge in [-0.1, -0.05) is 11.6 Å². The Morgan fingerprint density at radius 3 is 2.70 bits per heavy atom. The molecule has 1 amide bonds. The van der Waals surface area contributed by atoms with Crippen molar-refractivity contribution in [1.82, 2.24) is 15.3 Å². The van der Waals surface area contributed by atoms with E-state index in [2.05, 4.69) is 15.3 Å². The molecule has 0 unspecified atom stereocenters. The highest BCUT2D eigenvalue weighted by molar-refractivity contribution is 7.91. The summed E-state index contributed by atoms with van der Waals surface area (Å²) >= 11 is 6.04. The number of amides is 1. The summed E-state index contributed by atoms with van der Waals surface area (Å²) in [5.74, 6) is 1.17. The van der Waals surface area contributed by atoms with Crippen LogP contribution in [-0.2, 0) is 9.84 Å². The number of nitrogens with one attached hydrogen (secondary N) is 1. The SMILES string of the molecule is O=C(NC1CC2(C1)CC(c1nc3cc(Cl)ccc3o1)C2)c1ccnc(S(=O)(=O)CC2CC2)c1. The van der Waals surface area contributed by atoms with E-state index in [0.29, 0.717) is 16.5 Å². The smallest absolute Gasteiger partial charge is 0.251 e. The third-order valence-corrected chi connectivity index (χ3v) is 9.24. The predicted molar refractivity (Wildman–Crippen MR) is 123 cm³/mol. The summed E-state index contributed by atoms with van der Waals surface area (Å²) in [5, 5.41) is 3.69. The van der Waals surface area contributed by atoms with E-state index in [1.54, 1.807) is 12.1 Å². The number of hydrogen-bond donors (Lipinski definition) is 1. The number of hydrogen-bond acceptors (Lipinski definition) is 6. The Morgan fingerprint density at radius 1 is 1.15 bits per heavy atom. The minimum atomic E-state index is -3.44. The summed E-state index contributed by atoms with van der Waals surface area (Å²) in [6.45, 7) is 0. The van der Waals surface area contributed by atoms with Crippen molar-refractivity contribution < 1.29 is 17.6 Å². The van der Waals surface area contributed by atoms with Crippen LogP contribution in [0.3, 0.4) is 0 Å². The highest BCUT2D eigenvalue weighted by atomic mass is 35.5. The average molecular weight is 486 g/mol. The fraction of sp³-hybridized carbons (Fsp3) is 0.458. The molecule has 0 saturated heterocycles. The molecule has 3 aliphatic carbocycles. The van der Waals surface area contributed by atoms with Crippen molar-refractivity contribution in [2.45, 2.75) is 55.5 Å². The number of nitrogens with zero attached hydrogens (tertiary/aromatic N) is 2. The standard InChI is InChI=1S/C24H24ClN3O4S/c25-17-3-4-20-19(8-17)28-23(32-20)16-9-24(10-16)11-18(12-24)27-22(29)15-5-6-26-21(7-15)33(30,31)13-14-1-2-14/h3-8,14,16,18H,1-2,9-13H2,(H,27,29). The molecule has 1 aromatic carbocycles. The molecule has 3 aromatic rings. The molecular formula is C24H24ClN3O4S. The van der Waals surface area contributed by atoms with Crippen LogP contribution in [0.4, 0.5) is 0 Å². The van der Waals surface area contributed by atoms with E-state index in [0.717, 1.165) is 55.5 Å². The number of rotatable bonds is 6. The van der Waals surface area contributed by atoms with E-state index in [-0.39, 0.29) is 34.1 Å². The number of sulfone groups is 1. The summed E-state index contributed by atoms with van der Waals surface area (Å²) < 4.78 is 30.9. The third kappa shape index (κ3) is 4.04.